The second kappa shape index (κ2) is 11.8. The molecule has 1 atom stereocenters. The molecule has 2 aromatic rings. The van der Waals surface area contributed by atoms with Crippen molar-refractivity contribution in [2.75, 3.05) is 19.8 Å². The molecule has 4 nitrogen and oxygen atoms in total. The largest absolute Gasteiger partial charge is 0.489 e. The molecule has 0 radical (unpaired) electrons. The molecule has 2 rings (SSSR count). The van der Waals surface area contributed by atoms with Gasteiger partial charge in [0.05, 0.1) is 6.61 Å². The molecule has 0 aliphatic rings. The van der Waals surface area contributed by atoms with Crippen molar-refractivity contribution in [1.82, 2.24) is 0 Å². The molecule has 0 fully saturated rings. The summed E-state index contributed by atoms with van der Waals surface area (Å²) in [5.41, 5.74) is 4.57. The molecule has 0 saturated carbocycles. The first-order chi connectivity index (χ1) is 13.9. The molecule has 0 spiro atoms. The van der Waals surface area contributed by atoms with Crippen LogP contribution < -0.4 is 4.74 Å². The van der Waals surface area contributed by atoms with Crippen LogP contribution in [-0.2, 0) is 20.7 Å². The number of allylic oxidation sites excluding steroid dienone is 1. The highest BCUT2D eigenvalue weighted by atomic mass is 79.9. The van der Waals surface area contributed by atoms with E-state index in [1.807, 2.05) is 43.3 Å². The van der Waals surface area contributed by atoms with Crippen LogP contribution in [0.15, 0.2) is 58.6 Å². The summed E-state index contributed by atoms with van der Waals surface area (Å²) in [6, 6.07) is 16.0. The number of ether oxygens (including phenoxy) is 3. The van der Waals surface area contributed by atoms with E-state index in [1.54, 1.807) is 6.92 Å². The number of benzene rings is 2. The molecule has 0 saturated heterocycles. The van der Waals surface area contributed by atoms with Gasteiger partial charge in [0.25, 0.3) is 0 Å². The summed E-state index contributed by atoms with van der Waals surface area (Å²) in [6.45, 7) is 9.19. The smallest absolute Gasteiger partial charge is 0.335 e. The minimum absolute atomic E-state index is 0.321. The Morgan fingerprint density at radius 3 is 2.21 bits per heavy atom. The fourth-order valence-corrected chi connectivity index (χ4v) is 3.09. The molecule has 0 amide bonds. The predicted octanol–water partition coefficient (Wildman–Crippen LogP) is 5.83. The number of carbonyl (C=O) groups is 1. The minimum Gasteiger partial charge on any atom is -0.489 e. The van der Waals surface area contributed by atoms with Gasteiger partial charge in [0.1, 0.15) is 12.4 Å². The zero-order valence-corrected chi connectivity index (χ0v) is 19.1. The lowest BCUT2D eigenvalue weighted by Gasteiger charge is -2.16. The van der Waals surface area contributed by atoms with E-state index in [1.165, 1.54) is 16.7 Å². The third kappa shape index (κ3) is 7.33. The first-order valence-electron chi connectivity index (χ1n) is 9.86. The number of hydrogen-bond acceptors (Lipinski definition) is 4. The molecule has 5 heteroatoms. The minimum atomic E-state index is -0.578. The first kappa shape index (κ1) is 23.2. The van der Waals surface area contributed by atoms with Gasteiger partial charge in [-0.25, -0.2) is 4.79 Å². The van der Waals surface area contributed by atoms with E-state index >= 15 is 0 Å². The van der Waals surface area contributed by atoms with Crippen molar-refractivity contribution in [2.24, 2.45) is 0 Å². The van der Waals surface area contributed by atoms with Crippen LogP contribution in [0.25, 0.3) is 5.57 Å². The van der Waals surface area contributed by atoms with Crippen molar-refractivity contribution in [1.29, 1.82) is 0 Å². The van der Waals surface area contributed by atoms with E-state index < -0.39 is 6.10 Å². The van der Waals surface area contributed by atoms with E-state index in [2.05, 4.69) is 41.9 Å². The lowest BCUT2D eigenvalue weighted by Crippen LogP contribution is -2.28. The van der Waals surface area contributed by atoms with Crippen LogP contribution in [0.5, 0.6) is 5.75 Å². The molecule has 0 bridgehead atoms. The summed E-state index contributed by atoms with van der Waals surface area (Å²) in [5.74, 6) is 0.472. The van der Waals surface area contributed by atoms with Gasteiger partial charge >= 0.3 is 5.97 Å². The van der Waals surface area contributed by atoms with E-state index in [-0.39, 0.29) is 5.97 Å². The van der Waals surface area contributed by atoms with Gasteiger partial charge in [-0.2, -0.15) is 0 Å². The van der Waals surface area contributed by atoms with Crippen molar-refractivity contribution >= 4 is 27.5 Å². The van der Waals surface area contributed by atoms with Crippen molar-refractivity contribution < 1.29 is 19.0 Å². The summed E-state index contributed by atoms with van der Waals surface area (Å²) < 4.78 is 17.6. The maximum absolute atomic E-state index is 12.0. The highest BCUT2D eigenvalue weighted by molar-refractivity contribution is 9.10. The molecule has 0 N–H and O–H groups in total. The topological polar surface area (TPSA) is 44.8 Å². The number of rotatable bonds is 10. The van der Waals surface area contributed by atoms with Gasteiger partial charge in [0, 0.05) is 17.5 Å². The standard InChI is InChI=1S/C24H29BrO4/c1-5-27-23(24(26)28-6-2)15-19-7-13-22(14-8-19)29-16-17(3)18(4)20-9-11-21(25)12-10-20/h7-14,23H,5-6,15-16H2,1-4H3/b18-17-/t23-/m0/s1. The summed E-state index contributed by atoms with van der Waals surface area (Å²) >= 11 is 3.46. The van der Waals surface area contributed by atoms with Gasteiger partial charge in [-0.1, -0.05) is 40.2 Å². The fourth-order valence-electron chi connectivity index (χ4n) is 2.83. The molecule has 0 aliphatic heterocycles. The molecular formula is C24H29BrO4. The molecule has 2 aromatic carbocycles. The lowest BCUT2D eigenvalue weighted by atomic mass is 10.0. The molecule has 0 unspecified atom stereocenters. The molecule has 0 heterocycles. The maximum atomic E-state index is 12.0. The average molecular weight is 461 g/mol. The Morgan fingerprint density at radius 1 is 0.966 bits per heavy atom. The first-order valence-corrected chi connectivity index (χ1v) is 10.7. The van der Waals surface area contributed by atoms with Crippen LogP contribution in [0.2, 0.25) is 0 Å². The number of esters is 1. The Balaban J connectivity index is 1.96. The zero-order chi connectivity index (χ0) is 21.2. The Bertz CT molecular complexity index is 810. The van der Waals surface area contributed by atoms with Crippen molar-refractivity contribution in [2.45, 2.75) is 40.2 Å². The van der Waals surface area contributed by atoms with Gasteiger partial charge in [-0.15, -0.1) is 0 Å². The van der Waals surface area contributed by atoms with Gasteiger partial charge in [0.2, 0.25) is 0 Å². The average Bonchev–Trinajstić information content (AvgIpc) is 2.73. The van der Waals surface area contributed by atoms with Gasteiger partial charge < -0.3 is 14.2 Å². The Kier molecular flexibility index (Phi) is 9.42. The van der Waals surface area contributed by atoms with Crippen LogP contribution in [0.4, 0.5) is 0 Å². The van der Waals surface area contributed by atoms with Crippen molar-refractivity contribution in [3.63, 3.8) is 0 Å². The van der Waals surface area contributed by atoms with E-state index in [0.717, 1.165) is 15.8 Å². The second-order valence-corrected chi connectivity index (χ2v) is 7.66. The number of carbonyl (C=O) groups excluding carboxylic acids is 1. The zero-order valence-electron chi connectivity index (χ0n) is 17.5. The van der Waals surface area contributed by atoms with E-state index in [0.29, 0.717) is 26.2 Å². The van der Waals surface area contributed by atoms with Gasteiger partial charge in [-0.05, 0) is 74.2 Å². The molecule has 0 aliphatic carbocycles. The molecular weight excluding hydrogens is 432 g/mol. The number of halogens is 1. The molecule has 156 valence electrons. The normalized spacial score (nSPS) is 12.9. The quantitative estimate of drug-likeness (QED) is 0.418. The van der Waals surface area contributed by atoms with E-state index in [9.17, 15) is 4.79 Å². The fraction of sp³-hybridized carbons (Fsp3) is 0.375. The molecule has 29 heavy (non-hydrogen) atoms. The Morgan fingerprint density at radius 2 is 1.62 bits per heavy atom. The monoisotopic (exact) mass is 460 g/mol. The third-order valence-electron chi connectivity index (χ3n) is 4.63. The van der Waals surface area contributed by atoms with Crippen LogP contribution in [0, 0.1) is 0 Å². The Hall–Kier alpha value is -2.11. The lowest BCUT2D eigenvalue weighted by molar-refractivity contribution is -0.156. The number of hydrogen-bond donors (Lipinski definition) is 0. The highest BCUT2D eigenvalue weighted by Gasteiger charge is 2.20. The van der Waals surface area contributed by atoms with Crippen LogP contribution in [0.3, 0.4) is 0 Å². The van der Waals surface area contributed by atoms with Gasteiger partial charge in [-0.3, -0.25) is 0 Å². The third-order valence-corrected chi connectivity index (χ3v) is 5.16. The van der Waals surface area contributed by atoms with Crippen LogP contribution >= 0.6 is 15.9 Å². The van der Waals surface area contributed by atoms with Gasteiger partial charge in [0.15, 0.2) is 6.10 Å². The summed E-state index contributed by atoms with van der Waals surface area (Å²) in [6.07, 6.45) is -0.0976. The van der Waals surface area contributed by atoms with Crippen LogP contribution in [-0.4, -0.2) is 31.9 Å². The summed E-state index contributed by atoms with van der Waals surface area (Å²) in [5, 5.41) is 0. The van der Waals surface area contributed by atoms with Crippen molar-refractivity contribution in [3.8, 4) is 5.75 Å². The second-order valence-electron chi connectivity index (χ2n) is 6.75. The Labute approximate surface area is 182 Å². The van der Waals surface area contributed by atoms with Crippen molar-refractivity contribution in [3.05, 3.63) is 69.7 Å². The van der Waals surface area contributed by atoms with E-state index in [4.69, 9.17) is 14.2 Å². The van der Waals surface area contributed by atoms with Crippen LogP contribution in [0.1, 0.15) is 38.8 Å². The summed E-state index contributed by atoms with van der Waals surface area (Å²) in [4.78, 5) is 12.0. The SMILES string of the molecule is CCOC(=O)[C@H](Cc1ccc(OC/C(C)=C(/C)c2ccc(Br)cc2)cc1)OCC. The predicted molar refractivity (Wildman–Crippen MR) is 120 cm³/mol. The summed E-state index contributed by atoms with van der Waals surface area (Å²) in [7, 11) is 0. The highest BCUT2D eigenvalue weighted by Crippen LogP contribution is 2.22. The maximum Gasteiger partial charge on any atom is 0.335 e. The molecule has 0 aromatic heterocycles.